The van der Waals surface area contributed by atoms with E-state index in [-0.39, 0.29) is 16.8 Å². The van der Waals surface area contributed by atoms with Crippen LogP contribution in [0.3, 0.4) is 0 Å². The number of hydrogen-bond acceptors (Lipinski definition) is 5. The number of hydrogen-bond donors (Lipinski definition) is 2. The number of nitrogens with zero attached hydrogens (tertiary/aromatic N) is 1. The standard InChI is InChI=1S/C14H13N3O4S/c1-7-8(2)22-14(11(7)12(15)18)16-13(19)9-5-3-4-6-10(9)17(20)21/h3-6H,1-2H3,(H2,15,18)(H,16,19). The maximum atomic E-state index is 12.3. The molecule has 0 atom stereocenters. The van der Waals surface area contributed by atoms with E-state index in [1.54, 1.807) is 13.8 Å². The molecule has 7 nitrogen and oxygen atoms in total. The Morgan fingerprint density at radius 3 is 2.50 bits per heavy atom. The van der Waals surface area contributed by atoms with E-state index in [4.69, 9.17) is 5.73 Å². The van der Waals surface area contributed by atoms with Crippen molar-refractivity contribution in [2.45, 2.75) is 13.8 Å². The van der Waals surface area contributed by atoms with Gasteiger partial charge < -0.3 is 11.1 Å². The SMILES string of the molecule is Cc1sc(NC(=O)c2ccccc2[N+](=O)[O-])c(C(N)=O)c1C. The number of primary amides is 1. The minimum atomic E-state index is -0.656. The smallest absolute Gasteiger partial charge is 0.282 e. The summed E-state index contributed by atoms with van der Waals surface area (Å²) in [4.78, 5) is 35.0. The van der Waals surface area contributed by atoms with Gasteiger partial charge in [0, 0.05) is 10.9 Å². The number of rotatable bonds is 4. The van der Waals surface area contributed by atoms with Crippen molar-refractivity contribution in [3.05, 3.63) is 55.9 Å². The molecule has 0 aliphatic rings. The van der Waals surface area contributed by atoms with Crippen molar-refractivity contribution < 1.29 is 14.5 Å². The van der Waals surface area contributed by atoms with Gasteiger partial charge in [-0.05, 0) is 25.5 Å². The number of aryl methyl sites for hydroxylation is 1. The molecule has 2 amide bonds. The average molecular weight is 319 g/mol. The Hall–Kier alpha value is -2.74. The highest BCUT2D eigenvalue weighted by Gasteiger charge is 2.23. The normalized spacial score (nSPS) is 10.3. The maximum absolute atomic E-state index is 12.3. The number of para-hydroxylation sites is 1. The third kappa shape index (κ3) is 2.82. The zero-order valence-corrected chi connectivity index (χ0v) is 12.7. The van der Waals surface area contributed by atoms with Crippen molar-refractivity contribution >= 4 is 33.8 Å². The molecule has 0 fully saturated rings. The first kappa shape index (κ1) is 15.6. The fourth-order valence-corrected chi connectivity index (χ4v) is 3.07. The van der Waals surface area contributed by atoms with Crippen molar-refractivity contribution in [1.29, 1.82) is 0 Å². The molecule has 1 aromatic carbocycles. The van der Waals surface area contributed by atoms with E-state index in [2.05, 4.69) is 5.32 Å². The number of carbonyl (C=O) groups excluding carboxylic acids is 2. The molecule has 0 aliphatic carbocycles. The zero-order chi connectivity index (χ0) is 16.4. The second-order valence-electron chi connectivity index (χ2n) is 4.58. The number of thiophene rings is 1. The van der Waals surface area contributed by atoms with Gasteiger partial charge in [0.15, 0.2) is 0 Å². The van der Waals surface area contributed by atoms with Gasteiger partial charge in [-0.1, -0.05) is 12.1 Å². The van der Waals surface area contributed by atoms with E-state index in [9.17, 15) is 19.7 Å². The van der Waals surface area contributed by atoms with Crippen LogP contribution in [0.1, 0.15) is 31.2 Å². The summed E-state index contributed by atoms with van der Waals surface area (Å²) in [6.45, 7) is 3.53. The number of benzene rings is 1. The van der Waals surface area contributed by atoms with Gasteiger partial charge in [0.2, 0.25) is 0 Å². The molecular formula is C14H13N3O4S. The number of carbonyl (C=O) groups is 2. The number of amides is 2. The topological polar surface area (TPSA) is 115 Å². The number of anilines is 1. The van der Waals surface area contributed by atoms with Crippen molar-refractivity contribution in [2.75, 3.05) is 5.32 Å². The summed E-state index contributed by atoms with van der Waals surface area (Å²) in [7, 11) is 0. The van der Waals surface area contributed by atoms with Gasteiger partial charge in [-0.25, -0.2) is 0 Å². The molecule has 0 bridgehead atoms. The summed E-state index contributed by atoms with van der Waals surface area (Å²) in [6.07, 6.45) is 0. The molecule has 0 radical (unpaired) electrons. The Kier molecular flexibility index (Phi) is 4.22. The number of nitro benzene ring substituents is 1. The van der Waals surface area contributed by atoms with E-state index in [1.165, 1.54) is 35.6 Å². The van der Waals surface area contributed by atoms with Gasteiger partial charge in [-0.15, -0.1) is 11.3 Å². The monoisotopic (exact) mass is 319 g/mol. The van der Waals surface area contributed by atoms with Crippen molar-refractivity contribution in [3.8, 4) is 0 Å². The minimum Gasteiger partial charge on any atom is -0.365 e. The van der Waals surface area contributed by atoms with E-state index in [0.29, 0.717) is 10.6 Å². The Balaban J connectivity index is 2.41. The van der Waals surface area contributed by atoms with Crippen LogP contribution in [0.2, 0.25) is 0 Å². The quantitative estimate of drug-likeness (QED) is 0.665. The van der Waals surface area contributed by atoms with Gasteiger partial charge in [0.05, 0.1) is 10.5 Å². The van der Waals surface area contributed by atoms with E-state index in [0.717, 1.165) is 4.88 Å². The van der Waals surface area contributed by atoms with Crippen LogP contribution in [0.25, 0.3) is 0 Å². The molecule has 8 heteroatoms. The summed E-state index contributed by atoms with van der Waals surface area (Å²) in [5.41, 5.74) is 5.87. The van der Waals surface area contributed by atoms with Crippen LogP contribution < -0.4 is 11.1 Å². The highest BCUT2D eigenvalue weighted by atomic mass is 32.1. The first-order chi connectivity index (χ1) is 10.3. The van der Waals surface area contributed by atoms with E-state index >= 15 is 0 Å². The maximum Gasteiger partial charge on any atom is 0.282 e. The molecule has 2 aromatic rings. The van der Waals surface area contributed by atoms with Crippen LogP contribution in [0.4, 0.5) is 10.7 Å². The number of nitrogens with two attached hydrogens (primary N) is 1. The lowest BCUT2D eigenvalue weighted by molar-refractivity contribution is -0.385. The van der Waals surface area contributed by atoms with Crippen LogP contribution in [0, 0.1) is 24.0 Å². The second-order valence-corrected chi connectivity index (χ2v) is 5.80. The molecule has 22 heavy (non-hydrogen) atoms. The van der Waals surface area contributed by atoms with Gasteiger partial charge in [-0.3, -0.25) is 19.7 Å². The molecular weight excluding hydrogens is 306 g/mol. The van der Waals surface area contributed by atoms with E-state index < -0.39 is 16.7 Å². The lowest BCUT2D eigenvalue weighted by Gasteiger charge is -2.05. The first-order valence-corrected chi connectivity index (χ1v) is 7.09. The van der Waals surface area contributed by atoms with Crippen LogP contribution in [-0.4, -0.2) is 16.7 Å². The Labute approximate surface area is 129 Å². The van der Waals surface area contributed by atoms with Crippen molar-refractivity contribution in [3.63, 3.8) is 0 Å². The molecule has 1 aromatic heterocycles. The zero-order valence-electron chi connectivity index (χ0n) is 11.9. The summed E-state index contributed by atoms with van der Waals surface area (Å²) in [6, 6.07) is 5.60. The third-order valence-corrected chi connectivity index (χ3v) is 4.33. The van der Waals surface area contributed by atoms with Crippen LogP contribution in [0.5, 0.6) is 0 Å². The highest BCUT2D eigenvalue weighted by Crippen LogP contribution is 2.32. The minimum absolute atomic E-state index is 0.0772. The fraction of sp³-hybridized carbons (Fsp3) is 0.143. The summed E-state index contributed by atoms with van der Waals surface area (Å²) in [5.74, 6) is -1.31. The molecule has 3 N–H and O–H groups in total. The van der Waals surface area contributed by atoms with Gasteiger partial charge >= 0.3 is 0 Å². The predicted molar refractivity (Wildman–Crippen MR) is 83.4 cm³/mol. The van der Waals surface area contributed by atoms with Crippen molar-refractivity contribution in [2.24, 2.45) is 5.73 Å². The Morgan fingerprint density at radius 2 is 1.91 bits per heavy atom. The fourth-order valence-electron chi connectivity index (χ4n) is 2.01. The summed E-state index contributed by atoms with van der Waals surface area (Å²) in [5, 5.41) is 13.8. The predicted octanol–water partition coefficient (Wildman–Crippen LogP) is 2.62. The lowest BCUT2D eigenvalue weighted by Crippen LogP contribution is -2.18. The van der Waals surface area contributed by atoms with Crippen LogP contribution in [0.15, 0.2) is 24.3 Å². The molecule has 0 unspecified atom stereocenters. The molecule has 0 aliphatic heterocycles. The summed E-state index contributed by atoms with van der Waals surface area (Å²) < 4.78 is 0. The molecule has 1 heterocycles. The van der Waals surface area contributed by atoms with Gasteiger partial charge in [0.25, 0.3) is 17.5 Å². The molecule has 114 valence electrons. The lowest BCUT2D eigenvalue weighted by atomic mass is 10.1. The molecule has 0 saturated carbocycles. The first-order valence-electron chi connectivity index (χ1n) is 6.27. The largest absolute Gasteiger partial charge is 0.365 e. The van der Waals surface area contributed by atoms with Crippen LogP contribution >= 0.6 is 11.3 Å². The third-order valence-electron chi connectivity index (χ3n) is 3.20. The summed E-state index contributed by atoms with van der Waals surface area (Å²) >= 11 is 1.20. The number of nitrogens with one attached hydrogen (secondary N) is 1. The van der Waals surface area contributed by atoms with Crippen molar-refractivity contribution in [1.82, 2.24) is 0 Å². The Bertz CT molecular complexity index is 782. The molecule has 0 spiro atoms. The van der Waals surface area contributed by atoms with E-state index in [1.807, 2.05) is 0 Å². The van der Waals surface area contributed by atoms with Crippen LogP contribution in [-0.2, 0) is 0 Å². The molecule has 2 rings (SSSR count). The highest BCUT2D eigenvalue weighted by molar-refractivity contribution is 7.16. The van der Waals surface area contributed by atoms with Gasteiger partial charge in [-0.2, -0.15) is 0 Å². The average Bonchev–Trinajstić information content (AvgIpc) is 2.73. The van der Waals surface area contributed by atoms with Gasteiger partial charge in [0.1, 0.15) is 10.6 Å². The molecule has 0 saturated heterocycles. The second kappa shape index (κ2) is 5.94. The number of nitro groups is 1. The Morgan fingerprint density at radius 1 is 1.27 bits per heavy atom.